The van der Waals surface area contributed by atoms with E-state index in [1.807, 2.05) is 81.9 Å². The van der Waals surface area contributed by atoms with Crippen molar-refractivity contribution in [3.8, 4) is 5.69 Å². The summed E-state index contributed by atoms with van der Waals surface area (Å²) in [4.78, 5) is 15.1. The van der Waals surface area contributed by atoms with Crippen LogP contribution in [0.3, 0.4) is 0 Å². The first-order valence-electron chi connectivity index (χ1n) is 9.85. The average Bonchev–Trinajstić information content (AvgIpc) is 3.12. The summed E-state index contributed by atoms with van der Waals surface area (Å²) in [5.41, 5.74) is 3.93. The Morgan fingerprint density at radius 3 is 2.30 bits per heavy atom. The van der Waals surface area contributed by atoms with Crippen LogP contribution in [0, 0.1) is 13.8 Å². The molecule has 3 aromatic rings. The lowest BCUT2D eigenvalue weighted by atomic mass is 10.0. The van der Waals surface area contributed by atoms with E-state index in [0.29, 0.717) is 10.2 Å². The molecule has 0 aliphatic carbocycles. The SMILES string of the molecule is Cc1ccc(C(=O)C(C)Sc2nnc(C(C)N(C)C)n2-c2ccc(Cl)cc2)cc1C. The number of carbonyl (C=O) groups is 1. The summed E-state index contributed by atoms with van der Waals surface area (Å²) in [6, 6.07) is 13.5. The van der Waals surface area contributed by atoms with Gasteiger partial charge in [0.15, 0.2) is 16.8 Å². The highest BCUT2D eigenvalue weighted by molar-refractivity contribution is 8.00. The number of aryl methyl sites for hydroxylation is 2. The van der Waals surface area contributed by atoms with Crippen molar-refractivity contribution in [2.45, 2.75) is 44.1 Å². The van der Waals surface area contributed by atoms with Gasteiger partial charge in [0, 0.05) is 16.3 Å². The second kappa shape index (κ2) is 9.33. The standard InChI is InChI=1S/C23H27ClN4OS/c1-14-7-8-18(13-15(14)2)21(29)17(4)30-23-26-25-22(16(3)27(5)6)28(23)20-11-9-19(24)10-12-20/h7-13,16-17H,1-6H3. The van der Waals surface area contributed by atoms with Gasteiger partial charge in [-0.25, -0.2) is 0 Å². The van der Waals surface area contributed by atoms with Crippen LogP contribution in [0.5, 0.6) is 0 Å². The van der Waals surface area contributed by atoms with Crippen molar-refractivity contribution in [3.05, 3.63) is 70.0 Å². The molecule has 30 heavy (non-hydrogen) atoms. The molecule has 0 aliphatic rings. The molecular weight excluding hydrogens is 416 g/mol. The molecule has 7 heteroatoms. The lowest BCUT2D eigenvalue weighted by Crippen LogP contribution is -2.21. The van der Waals surface area contributed by atoms with Crippen LogP contribution >= 0.6 is 23.4 Å². The third-order valence-corrected chi connectivity index (χ3v) is 6.63. The Labute approximate surface area is 187 Å². The van der Waals surface area contributed by atoms with Crippen LogP contribution in [0.1, 0.15) is 47.2 Å². The van der Waals surface area contributed by atoms with E-state index in [-0.39, 0.29) is 17.1 Å². The summed E-state index contributed by atoms with van der Waals surface area (Å²) in [6.45, 7) is 8.06. The first-order chi connectivity index (χ1) is 14.2. The molecule has 0 spiro atoms. The van der Waals surface area contributed by atoms with E-state index in [1.54, 1.807) is 0 Å². The third kappa shape index (κ3) is 4.77. The van der Waals surface area contributed by atoms with Crippen LogP contribution in [0.2, 0.25) is 5.02 Å². The number of rotatable bonds is 7. The Morgan fingerprint density at radius 1 is 1.03 bits per heavy atom. The van der Waals surface area contributed by atoms with Gasteiger partial charge in [0.1, 0.15) is 0 Å². The maximum atomic E-state index is 13.0. The van der Waals surface area contributed by atoms with Gasteiger partial charge >= 0.3 is 0 Å². The van der Waals surface area contributed by atoms with Crippen molar-refractivity contribution in [1.82, 2.24) is 19.7 Å². The highest BCUT2D eigenvalue weighted by atomic mass is 35.5. The number of aromatic nitrogens is 3. The molecule has 0 saturated heterocycles. The van der Waals surface area contributed by atoms with E-state index in [9.17, 15) is 4.79 Å². The second-order valence-corrected chi connectivity index (χ2v) is 9.46. The maximum absolute atomic E-state index is 13.0. The number of benzene rings is 2. The number of hydrogen-bond acceptors (Lipinski definition) is 5. The fourth-order valence-corrected chi connectivity index (χ4v) is 4.11. The minimum absolute atomic E-state index is 0.0493. The Balaban J connectivity index is 1.95. The highest BCUT2D eigenvalue weighted by Gasteiger charge is 2.25. The number of nitrogens with zero attached hydrogens (tertiary/aromatic N) is 4. The lowest BCUT2D eigenvalue weighted by molar-refractivity contribution is 0.0993. The summed E-state index contributed by atoms with van der Waals surface area (Å²) in [5.74, 6) is 0.895. The molecule has 0 N–H and O–H groups in total. The van der Waals surface area contributed by atoms with E-state index in [2.05, 4.69) is 22.0 Å². The van der Waals surface area contributed by atoms with Crippen molar-refractivity contribution in [3.63, 3.8) is 0 Å². The van der Waals surface area contributed by atoms with Gasteiger partial charge in [-0.2, -0.15) is 0 Å². The monoisotopic (exact) mass is 442 g/mol. The molecule has 0 fully saturated rings. The summed E-state index contributed by atoms with van der Waals surface area (Å²) in [7, 11) is 4.01. The van der Waals surface area contributed by atoms with Crippen molar-refractivity contribution < 1.29 is 4.79 Å². The smallest absolute Gasteiger partial charge is 0.196 e. The van der Waals surface area contributed by atoms with Crippen LogP contribution in [0.15, 0.2) is 47.6 Å². The molecule has 0 aliphatic heterocycles. The van der Waals surface area contributed by atoms with E-state index < -0.39 is 0 Å². The molecule has 0 saturated carbocycles. The fraction of sp³-hybridized carbons (Fsp3) is 0.348. The molecular formula is C23H27ClN4OS. The highest BCUT2D eigenvalue weighted by Crippen LogP contribution is 2.31. The predicted octanol–water partition coefficient (Wildman–Crippen LogP) is 5.52. The van der Waals surface area contributed by atoms with Crippen LogP contribution in [0.4, 0.5) is 0 Å². The van der Waals surface area contributed by atoms with Crippen LogP contribution < -0.4 is 0 Å². The number of halogens is 1. The van der Waals surface area contributed by atoms with Crippen LogP contribution in [-0.2, 0) is 0 Å². The third-order valence-electron chi connectivity index (χ3n) is 5.33. The Bertz CT molecular complexity index is 1050. The molecule has 1 aromatic heterocycles. The van der Waals surface area contributed by atoms with Crippen molar-refractivity contribution in [2.75, 3.05) is 14.1 Å². The molecule has 158 valence electrons. The van der Waals surface area contributed by atoms with Crippen molar-refractivity contribution in [1.29, 1.82) is 0 Å². The zero-order valence-corrected chi connectivity index (χ0v) is 19.8. The van der Waals surface area contributed by atoms with Crippen molar-refractivity contribution in [2.24, 2.45) is 0 Å². The number of hydrogen-bond donors (Lipinski definition) is 0. The Morgan fingerprint density at radius 2 is 1.70 bits per heavy atom. The summed E-state index contributed by atoms with van der Waals surface area (Å²) in [6.07, 6.45) is 0. The minimum atomic E-state index is -0.301. The van der Waals surface area contributed by atoms with Gasteiger partial charge in [-0.1, -0.05) is 35.5 Å². The normalized spacial score (nSPS) is 13.5. The van der Waals surface area contributed by atoms with E-state index in [1.165, 1.54) is 17.3 Å². The van der Waals surface area contributed by atoms with Crippen molar-refractivity contribution >= 4 is 29.1 Å². The molecule has 3 rings (SSSR count). The Kier molecular flexibility index (Phi) is 7.01. The molecule has 5 nitrogen and oxygen atoms in total. The van der Waals surface area contributed by atoms with Gasteiger partial charge in [0.05, 0.1) is 11.3 Å². The van der Waals surface area contributed by atoms with Gasteiger partial charge in [-0.05, 0) is 83.2 Å². The second-order valence-electron chi connectivity index (χ2n) is 7.72. The van der Waals surface area contributed by atoms with Gasteiger partial charge in [0.25, 0.3) is 0 Å². The first-order valence-corrected chi connectivity index (χ1v) is 11.1. The zero-order chi connectivity index (χ0) is 22.0. The number of Topliss-reactive ketones (excluding diaryl/α,β-unsaturated/α-hetero) is 1. The molecule has 2 atom stereocenters. The fourth-order valence-electron chi connectivity index (χ4n) is 3.03. The number of thioether (sulfide) groups is 1. The largest absolute Gasteiger partial charge is 0.300 e. The molecule has 0 bridgehead atoms. The average molecular weight is 443 g/mol. The van der Waals surface area contributed by atoms with Crippen LogP contribution in [0.25, 0.3) is 5.69 Å². The predicted molar refractivity (Wildman–Crippen MR) is 124 cm³/mol. The van der Waals surface area contributed by atoms with E-state index in [0.717, 1.165) is 22.6 Å². The molecule has 1 heterocycles. The summed E-state index contributed by atoms with van der Waals surface area (Å²) in [5, 5.41) is 9.94. The maximum Gasteiger partial charge on any atom is 0.196 e. The summed E-state index contributed by atoms with van der Waals surface area (Å²) < 4.78 is 2.01. The van der Waals surface area contributed by atoms with Gasteiger partial charge in [0.2, 0.25) is 0 Å². The van der Waals surface area contributed by atoms with Gasteiger partial charge in [-0.3, -0.25) is 14.3 Å². The first kappa shape index (κ1) is 22.5. The molecule has 0 amide bonds. The minimum Gasteiger partial charge on any atom is -0.300 e. The van der Waals surface area contributed by atoms with Gasteiger partial charge in [-0.15, -0.1) is 10.2 Å². The number of ketones is 1. The molecule has 2 unspecified atom stereocenters. The molecule has 0 radical (unpaired) electrons. The van der Waals surface area contributed by atoms with E-state index >= 15 is 0 Å². The summed E-state index contributed by atoms with van der Waals surface area (Å²) >= 11 is 7.51. The van der Waals surface area contributed by atoms with Gasteiger partial charge < -0.3 is 0 Å². The topological polar surface area (TPSA) is 51.0 Å². The number of carbonyl (C=O) groups excluding carboxylic acids is 1. The van der Waals surface area contributed by atoms with E-state index in [4.69, 9.17) is 11.6 Å². The lowest BCUT2D eigenvalue weighted by Gasteiger charge is -2.21. The molecule has 2 aromatic carbocycles. The Hall–Kier alpha value is -2.15. The zero-order valence-electron chi connectivity index (χ0n) is 18.2. The quantitative estimate of drug-likeness (QED) is 0.356. The van der Waals surface area contributed by atoms with Crippen LogP contribution in [-0.4, -0.2) is 44.8 Å².